The molecule has 0 radical (unpaired) electrons. The van der Waals surface area contributed by atoms with Crippen LogP contribution in [0.3, 0.4) is 0 Å². The molecule has 0 spiro atoms. The van der Waals surface area contributed by atoms with Crippen LogP contribution in [0, 0.1) is 0 Å². The fourth-order valence-corrected chi connectivity index (χ4v) is 8.47. The lowest BCUT2D eigenvalue weighted by Gasteiger charge is -2.35. The number of carbonyl (C=O) groups excluding carboxylic acids is 3. The van der Waals surface area contributed by atoms with E-state index in [2.05, 4.69) is 10.8 Å². The first kappa shape index (κ1) is 28.2. The molecule has 1 aromatic heterocycles. The van der Waals surface area contributed by atoms with Gasteiger partial charge < -0.3 is 14.8 Å². The molecule has 2 fully saturated rings. The van der Waals surface area contributed by atoms with E-state index in [1.54, 1.807) is 24.3 Å². The van der Waals surface area contributed by atoms with Crippen LogP contribution >= 0.6 is 11.3 Å². The molecule has 38 heavy (non-hydrogen) atoms. The van der Waals surface area contributed by atoms with Gasteiger partial charge in [0, 0.05) is 35.4 Å². The van der Waals surface area contributed by atoms with E-state index in [1.165, 1.54) is 18.3 Å². The van der Waals surface area contributed by atoms with E-state index in [0.717, 1.165) is 23.3 Å². The smallest absolute Gasteiger partial charge is 0.303 e. The van der Waals surface area contributed by atoms with Crippen LogP contribution in [-0.4, -0.2) is 51.5 Å². The topological polar surface area (TPSA) is 137 Å². The number of hydroxylamine groups is 1. The van der Waals surface area contributed by atoms with Crippen molar-refractivity contribution in [1.82, 2.24) is 5.48 Å². The van der Waals surface area contributed by atoms with Gasteiger partial charge in [0.1, 0.15) is 4.75 Å². The molecular weight excluding hydrogens is 532 g/mol. The van der Waals surface area contributed by atoms with Gasteiger partial charge in [0.15, 0.2) is 22.7 Å². The number of sulfone groups is 1. The number of hydrogen-bond acceptors (Lipinski definition) is 9. The summed E-state index contributed by atoms with van der Waals surface area (Å²) < 4.78 is 35.8. The highest BCUT2D eigenvalue weighted by Gasteiger charge is 2.49. The fourth-order valence-electron chi connectivity index (χ4n) is 4.70. The van der Waals surface area contributed by atoms with Crippen LogP contribution in [0.15, 0.2) is 36.4 Å². The van der Waals surface area contributed by atoms with Crippen LogP contribution in [0.1, 0.15) is 56.7 Å². The second-order valence-corrected chi connectivity index (χ2v) is 13.0. The Morgan fingerprint density at radius 2 is 1.95 bits per heavy atom. The standard InChI is InChI=1S/C26H32N2O8S2/c1-18(29)35-17-24(31)27-20-8-6-7-19(15-20)21-10-11-22(37-21)26(12-3-5-14-38(26,32)33)16-23(30)28-36-25-9-2-4-13-34-25/h6-8,10-11,15,25H,2-5,9,12-14,16-17H2,1H3,(H,27,31)(H,28,30)/t25?,26-/m0/s1. The number of ether oxygens (including phenoxy) is 2. The van der Waals surface area contributed by atoms with Gasteiger partial charge in [-0.2, -0.15) is 0 Å². The maximum atomic E-state index is 13.5. The first-order valence-electron chi connectivity index (χ1n) is 12.6. The molecule has 2 N–H and O–H groups in total. The summed E-state index contributed by atoms with van der Waals surface area (Å²) in [5.74, 6) is -1.50. The van der Waals surface area contributed by atoms with Gasteiger partial charge in [-0.05, 0) is 55.5 Å². The maximum absolute atomic E-state index is 13.5. The number of carbonyl (C=O) groups is 3. The van der Waals surface area contributed by atoms with Crippen LogP contribution in [-0.2, 0) is 43.3 Å². The zero-order chi connectivity index (χ0) is 27.2. The predicted molar refractivity (Wildman–Crippen MR) is 142 cm³/mol. The fraction of sp³-hybridized carbons (Fsp3) is 0.500. The first-order valence-corrected chi connectivity index (χ1v) is 15.1. The van der Waals surface area contributed by atoms with E-state index in [4.69, 9.17) is 14.3 Å². The highest BCUT2D eigenvalue weighted by Crippen LogP contribution is 2.47. The van der Waals surface area contributed by atoms with Gasteiger partial charge in [-0.3, -0.25) is 14.4 Å². The van der Waals surface area contributed by atoms with Crippen molar-refractivity contribution in [3.05, 3.63) is 41.3 Å². The predicted octanol–water partition coefficient (Wildman–Crippen LogP) is 3.68. The Balaban J connectivity index is 1.52. The van der Waals surface area contributed by atoms with Gasteiger partial charge in [-0.1, -0.05) is 18.6 Å². The summed E-state index contributed by atoms with van der Waals surface area (Å²) in [6.45, 7) is 1.40. The van der Waals surface area contributed by atoms with E-state index >= 15 is 0 Å². The van der Waals surface area contributed by atoms with Crippen molar-refractivity contribution in [2.24, 2.45) is 0 Å². The molecule has 0 aliphatic carbocycles. The van der Waals surface area contributed by atoms with Crippen molar-refractivity contribution in [2.45, 2.75) is 62.9 Å². The first-order chi connectivity index (χ1) is 18.2. The minimum Gasteiger partial charge on any atom is -0.456 e. The molecule has 2 atom stereocenters. The second kappa shape index (κ2) is 12.4. The number of amides is 2. The number of anilines is 1. The Morgan fingerprint density at radius 1 is 1.11 bits per heavy atom. The van der Waals surface area contributed by atoms with Crippen molar-refractivity contribution in [3.8, 4) is 10.4 Å². The summed E-state index contributed by atoms with van der Waals surface area (Å²) >= 11 is 1.32. The number of nitrogens with one attached hydrogen (secondary N) is 2. The zero-order valence-electron chi connectivity index (χ0n) is 21.2. The lowest BCUT2D eigenvalue weighted by Crippen LogP contribution is -2.45. The van der Waals surface area contributed by atoms with E-state index in [9.17, 15) is 22.8 Å². The van der Waals surface area contributed by atoms with Crippen molar-refractivity contribution in [1.29, 1.82) is 0 Å². The Hall–Kier alpha value is -2.80. The number of esters is 1. The van der Waals surface area contributed by atoms with Gasteiger partial charge in [0.05, 0.1) is 12.2 Å². The molecule has 1 unspecified atom stereocenters. The van der Waals surface area contributed by atoms with Crippen molar-refractivity contribution < 1.29 is 37.1 Å². The molecule has 2 aliphatic heterocycles. The van der Waals surface area contributed by atoms with Crippen molar-refractivity contribution in [3.63, 3.8) is 0 Å². The molecule has 2 aliphatic rings. The molecular formula is C26H32N2O8S2. The Kier molecular flexibility index (Phi) is 9.19. The molecule has 1 aromatic carbocycles. The number of benzene rings is 1. The highest BCUT2D eigenvalue weighted by atomic mass is 32.2. The molecule has 0 bridgehead atoms. The third-order valence-corrected chi connectivity index (χ3v) is 10.7. The lowest BCUT2D eigenvalue weighted by molar-refractivity contribution is -0.200. The lowest BCUT2D eigenvalue weighted by atomic mass is 9.94. The Morgan fingerprint density at radius 3 is 2.68 bits per heavy atom. The Bertz CT molecular complexity index is 1270. The van der Waals surface area contributed by atoms with Gasteiger partial charge in [-0.25, -0.2) is 18.7 Å². The van der Waals surface area contributed by atoms with E-state index in [-0.39, 0.29) is 18.8 Å². The van der Waals surface area contributed by atoms with Gasteiger partial charge in [-0.15, -0.1) is 11.3 Å². The van der Waals surface area contributed by atoms with Gasteiger partial charge >= 0.3 is 5.97 Å². The van der Waals surface area contributed by atoms with Crippen molar-refractivity contribution in [2.75, 3.05) is 24.3 Å². The minimum atomic E-state index is -3.62. The molecule has 10 nitrogen and oxygen atoms in total. The molecule has 2 amide bonds. The third-order valence-electron chi connectivity index (χ3n) is 6.62. The molecule has 206 valence electrons. The minimum absolute atomic E-state index is 0.0178. The SMILES string of the molecule is CC(=O)OCC(=O)Nc1cccc(-c2ccc([C@@]3(CC(=O)NOC4CCCCO4)CCCCS3(=O)=O)s2)c1. The average molecular weight is 565 g/mol. The number of thiophene rings is 1. The summed E-state index contributed by atoms with van der Waals surface area (Å²) in [5, 5.41) is 2.68. The van der Waals surface area contributed by atoms with Crippen LogP contribution in [0.5, 0.6) is 0 Å². The second-order valence-electron chi connectivity index (χ2n) is 9.46. The molecule has 2 saturated heterocycles. The number of rotatable bonds is 9. The van der Waals surface area contributed by atoms with Gasteiger partial charge in [0.2, 0.25) is 5.91 Å². The molecule has 2 aromatic rings. The molecule has 4 rings (SSSR count). The van der Waals surface area contributed by atoms with E-state index < -0.39 is 38.7 Å². The highest BCUT2D eigenvalue weighted by molar-refractivity contribution is 7.92. The Labute approximate surface area is 225 Å². The van der Waals surface area contributed by atoms with Crippen molar-refractivity contribution >= 4 is 44.6 Å². The summed E-state index contributed by atoms with van der Waals surface area (Å²) in [7, 11) is -3.62. The maximum Gasteiger partial charge on any atom is 0.303 e. The summed E-state index contributed by atoms with van der Waals surface area (Å²) in [4.78, 5) is 42.7. The van der Waals surface area contributed by atoms with Crippen LogP contribution in [0.25, 0.3) is 10.4 Å². The normalized spacial score (nSPS) is 22.8. The molecule has 3 heterocycles. The summed E-state index contributed by atoms with van der Waals surface area (Å²) in [6, 6.07) is 10.7. The largest absolute Gasteiger partial charge is 0.456 e. The molecule has 0 saturated carbocycles. The third kappa shape index (κ3) is 6.79. The van der Waals surface area contributed by atoms with Crippen LogP contribution in [0.2, 0.25) is 0 Å². The van der Waals surface area contributed by atoms with Crippen LogP contribution in [0.4, 0.5) is 5.69 Å². The summed E-state index contributed by atoms with van der Waals surface area (Å²) in [5.41, 5.74) is 3.70. The zero-order valence-corrected chi connectivity index (χ0v) is 22.8. The van der Waals surface area contributed by atoms with Crippen LogP contribution < -0.4 is 10.8 Å². The molecule has 12 heteroatoms. The average Bonchev–Trinajstić information content (AvgIpc) is 3.39. The van der Waals surface area contributed by atoms with E-state index in [0.29, 0.717) is 42.9 Å². The quantitative estimate of drug-likeness (QED) is 0.348. The summed E-state index contributed by atoms with van der Waals surface area (Å²) in [6.07, 6.45) is 3.38. The number of hydrogen-bond donors (Lipinski definition) is 2. The van der Waals surface area contributed by atoms with E-state index in [1.807, 2.05) is 12.1 Å². The van der Waals surface area contributed by atoms with Gasteiger partial charge in [0.25, 0.3) is 5.91 Å². The monoisotopic (exact) mass is 564 g/mol.